The average Bonchev–Trinajstić information content (AvgIpc) is 2.99. The monoisotopic (exact) mass is 382 g/mol. The van der Waals surface area contributed by atoms with Crippen LogP contribution in [-0.4, -0.2) is 20.4 Å². The molecule has 0 saturated heterocycles. The highest BCUT2D eigenvalue weighted by Crippen LogP contribution is 2.69. The van der Waals surface area contributed by atoms with Gasteiger partial charge in [0, 0.05) is 28.7 Å². The fourth-order valence-electron chi connectivity index (χ4n) is 6.33. The molecule has 2 aliphatic rings. The van der Waals surface area contributed by atoms with Gasteiger partial charge < -0.3 is 20.4 Å². The third-order valence-corrected chi connectivity index (χ3v) is 8.23. The summed E-state index contributed by atoms with van der Waals surface area (Å²) >= 11 is 0. The van der Waals surface area contributed by atoms with Gasteiger partial charge in [0.25, 0.3) is 0 Å². The molecule has 0 saturated carbocycles. The zero-order chi connectivity index (χ0) is 20.6. The molecule has 0 aromatic heterocycles. The Bertz CT molecular complexity index is 981. The number of aromatic hydroxyl groups is 4. The van der Waals surface area contributed by atoms with Crippen LogP contribution in [0.2, 0.25) is 0 Å². The van der Waals surface area contributed by atoms with E-state index in [2.05, 4.69) is 34.6 Å². The minimum atomic E-state index is -0.534. The molecule has 28 heavy (non-hydrogen) atoms. The first-order valence-corrected chi connectivity index (χ1v) is 10.2. The van der Waals surface area contributed by atoms with Gasteiger partial charge in [0.15, 0.2) is 0 Å². The van der Waals surface area contributed by atoms with Gasteiger partial charge in [-0.15, -0.1) is 0 Å². The standard InChI is InChI=1S/C24H30O4/c1-6-22(4)12-24(17-9-15(26)10-18(27)20(17)22)13(3)23(5,7-2)16-8-14(25)11-19(28)21(16)24/h8-11,13,25-28H,6-7,12H2,1-5H3. The zero-order valence-electron chi connectivity index (χ0n) is 17.3. The molecule has 0 bridgehead atoms. The van der Waals surface area contributed by atoms with Crippen molar-refractivity contribution in [3.63, 3.8) is 0 Å². The fraction of sp³-hybridized carbons (Fsp3) is 0.500. The van der Waals surface area contributed by atoms with Gasteiger partial charge in [0.1, 0.15) is 23.0 Å². The van der Waals surface area contributed by atoms with E-state index in [9.17, 15) is 20.4 Å². The molecule has 150 valence electrons. The van der Waals surface area contributed by atoms with E-state index in [1.165, 1.54) is 12.1 Å². The molecular formula is C24H30O4. The fourth-order valence-corrected chi connectivity index (χ4v) is 6.33. The number of rotatable bonds is 2. The highest BCUT2D eigenvalue weighted by atomic mass is 16.3. The van der Waals surface area contributed by atoms with E-state index in [0.29, 0.717) is 0 Å². The Hall–Kier alpha value is -2.36. The van der Waals surface area contributed by atoms with Gasteiger partial charge in [-0.05, 0) is 59.3 Å². The summed E-state index contributed by atoms with van der Waals surface area (Å²) in [5.74, 6) is 0.422. The smallest absolute Gasteiger partial charge is 0.123 e. The average molecular weight is 383 g/mol. The summed E-state index contributed by atoms with van der Waals surface area (Å²) in [5.41, 5.74) is 2.53. The molecule has 0 amide bonds. The summed E-state index contributed by atoms with van der Waals surface area (Å²) < 4.78 is 0. The van der Waals surface area contributed by atoms with Crippen molar-refractivity contribution < 1.29 is 20.4 Å². The number of phenolic OH excluding ortho intramolecular Hbond substituents is 4. The number of benzene rings is 2. The van der Waals surface area contributed by atoms with Gasteiger partial charge in [-0.1, -0.05) is 34.6 Å². The lowest BCUT2D eigenvalue weighted by Crippen LogP contribution is -2.38. The van der Waals surface area contributed by atoms with Crippen molar-refractivity contribution in [1.82, 2.24) is 0 Å². The van der Waals surface area contributed by atoms with E-state index in [1.807, 2.05) is 0 Å². The van der Waals surface area contributed by atoms with E-state index < -0.39 is 5.41 Å². The van der Waals surface area contributed by atoms with Crippen molar-refractivity contribution in [1.29, 1.82) is 0 Å². The summed E-state index contributed by atoms with van der Waals surface area (Å²) in [4.78, 5) is 0. The van der Waals surface area contributed by atoms with Crippen molar-refractivity contribution in [3.8, 4) is 23.0 Å². The van der Waals surface area contributed by atoms with Crippen LogP contribution in [0.1, 0.15) is 76.1 Å². The first kappa shape index (κ1) is 19.0. The maximum Gasteiger partial charge on any atom is 0.123 e. The normalized spacial score (nSPS) is 33.2. The topological polar surface area (TPSA) is 80.9 Å². The van der Waals surface area contributed by atoms with Crippen molar-refractivity contribution >= 4 is 0 Å². The van der Waals surface area contributed by atoms with E-state index in [-0.39, 0.29) is 39.7 Å². The number of fused-ring (bicyclic) bond motifs is 4. The zero-order valence-corrected chi connectivity index (χ0v) is 17.3. The minimum absolute atomic E-state index is 0.0353. The number of hydrogen-bond donors (Lipinski definition) is 4. The van der Waals surface area contributed by atoms with E-state index >= 15 is 0 Å². The van der Waals surface area contributed by atoms with Gasteiger partial charge in [-0.3, -0.25) is 0 Å². The van der Waals surface area contributed by atoms with Crippen LogP contribution in [0, 0.1) is 5.92 Å². The Morgan fingerprint density at radius 3 is 1.89 bits per heavy atom. The van der Waals surface area contributed by atoms with Crippen LogP contribution in [0.25, 0.3) is 0 Å². The molecule has 4 N–H and O–H groups in total. The molecule has 2 aliphatic carbocycles. The summed E-state index contributed by atoms with van der Waals surface area (Å²) in [5, 5.41) is 42.4. The maximum absolute atomic E-state index is 11.0. The van der Waals surface area contributed by atoms with Crippen molar-refractivity contribution in [2.45, 2.75) is 70.1 Å². The highest BCUT2D eigenvalue weighted by Gasteiger charge is 2.63. The molecule has 4 heteroatoms. The highest BCUT2D eigenvalue weighted by molar-refractivity contribution is 5.68. The molecule has 1 spiro atoms. The molecule has 4 unspecified atom stereocenters. The Morgan fingerprint density at radius 1 is 0.821 bits per heavy atom. The number of phenols is 4. The molecule has 2 aromatic carbocycles. The number of hydrogen-bond acceptors (Lipinski definition) is 4. The minimum Gasteiger partial charge on any atom is -0.508 e. The Kier molecular flexibility index (Phi) is 3.79. The molecule has 2 aromatic rings. The second kappa shape index (κ2) is 5.59. The van der Waals surface area contributed by atoms with E-state index in [0.717, 1.165) is 41.5 Å². The van der Waals surface area contributed by atoms with Crippen LogP contribution in [0.4, 0.5) is 0 Å². The predicted octanol–water partition coefficient (Wildman–Crippen LogP) is 5.18. The van der Waals surface area contributed by atoms with Crippen LogP contribution in [0.3, 0.4) is 0 Å². The lowest BCUT2D eigenvalue weighted by Gasteiger charge is -2.39. The van der Waals surface area contributed by atoms with Crippen LogP contribution in [0.15, 0.2) is 24.3 Å². The second-order valence-corrected chi connectivity index (χ2v) is 9.33. The molecular weight excluding hydrogens is 352 g/mol. The quantitative estimate of drug-likeness (QED) is 0.577. The molecule has 4 nitrogen and oxygen atoms in total. The first-order chi connectivity index (χ1) is 13.0. The Morgan fingerprint density at radius 2 is 1.36 bits per heavy atom. The Labute approximate surface area is 166 Å². The first-order valence-electron chi connectivity index (χ1n) is 10.2. The third-order valence-electron chi connectivity index (χ3n) is 8.23. The van der Waals surface area contributed by atoms with Gasteiger partial charge in [0.05, 0.1) is 0 Å². The Balaban J connectivity index is 2.16. The predicted molar refractivity (Wildman–Crippen MR) is 109 cm³/mol. The van der Waals surface area contributed by atoms with Crippen LogP contribution >= 0.6 is 0 Å². The SMILES string of the molecule is CCC1(C)CC2(c3cc(O)cc(O)c31)c1c(O)cc(O)cc1C(C)(CC)C2C. The van der Waals surface area contributed by atoms with Crippen molar-refractivity contribution in [2.24, 2.45) is 5.92 Å². The third kappa shape index (κ3) is 2.01. The largest absolute Gasteiger partial charge is 0.508 e. The molecule has 0 fully saturated rings. The summed E-state index contributed by atoms with van der Waals surface area (Å²) in [6.07, 6.45) is 2.43. The van der Waals surface area contributed by atoms with Crippen molar-refractivity contribution in [2.75, 3.05) is 0 Å². The van der Waals surface area contributed by atoms with Gasteiger partial charge in [-0.25, -0.2) is 0 Å². The van der Waals surface area contributed by atoms with E-state index in [4.69, 9.17) is 0 Å². The molecule has 4 rings (SSSR count). The molecule has 0 heterocycles. The van der Waals surface area contributed by atoms with Crippen LogP contribution in [0.5, 0.6) is 23.0 Å². The summed E-state index contributed by atoms with van der Waals surface area (Å²) in [6, 6.07) is 6.39. The lowest BCUT2D eigenvalue weighted by atomic mass is 9.63. The molecule has 0 radical (unpaired) electrons. The van der Waals surface area contributed by atoms with Gasteiger partial charge >= 0.3 is 0 Å². The second-order valence-electron chi connectivity index (χ2n) is 9.33. The molecule has 4 atom stereocenters. The summed E-state index contributed by atoms with van der Waals surface area (Å²) in [7, 11) is 0. The van der Waals surface area contributed by atoms with Crippen molar-refractivity contribution in [3.05, 3.63) is 46.5 Å². The van der Waals surface area contributed by atoms with Gasteiger partial charge in [0.2, 0.25) is 0 Å². The molecule has 0 aliphatic heterocycles. The van der Waals surface area contributed by atoms with Crippen LogP contribution < -0.4 is 0 Å². The van der Waals surface area contributed by atoms with Gasteiger partial charge in [-0.2, -0.15) is 0 Å². The lowest BCUT2D eigenvalue weighted by molar-refractivity contribution is 0.214. The summed E-state index contributed by atoms with van der Waals surface area (Å²) in [6.45, 7) is 10.8. The van der Waals surface area contributed by atoms with Crippen LogP contribution in [-0.2, 0) is 16.2 Å². The maximum atomic E-state index is 11.0. The van der Waals surface area contributed by atoms with E-state index in [1.54, 1.807) is 12.1 Å².